The third kappa shape index (κ3) is 4.97. The highest BCUT2D eigenvalue weighted by molar-refractivity contribution is 7.89. The number of hydrogen-bond donors (Lipinski definition) is 4. The number of aliphatic carboxylic acids is 1. The molecule has 2 aromatic carbocycles. The van der Waals surface area contributed by atoms with Gasteiger partial charge in [-0.2, -0.15) is 4.72 Å². The van der Waals surface area contributed by atoms with E-state index < -0.39 is 28.0 Å². The van der Waals surface area contributed by atoms with E-state index in [1.165, 1.54) is 18.2 Å². The van der Waals surface area contributed by atoms with E-state index in [4.69, 9.17) is 4.42 Å². The second-order valence-corrected chi connectivity index (χ2v) is 9.62. The van der Waals surface area contributed by atoms with Crippen molar-refractivity contribution in [3.63, 3.8) is 0 Å². The fraction of sp³-hybridized carbons (Fsp3) is 0.333. The summed E-state index contributed by atoms with van der Waals surface area (Å²) in [7, 11) is -4.06. The molecular weight excluding hydrogens is 422 g/mol. The Morgan fingerprint density at radius 1 is 0.968 bits per heavy atom. The summed E-state index contributed by atoms with van der Waals surface area (Å²) in [6, 6.07) is 7.80. The zero-order valence-electron chi connectivity index (χ0n) is 17.6. The van der Waals surface area contributed by atoms with Crippen LogP contribution in [-0.2, 0) is 14.8 Å². The van der Waals surface area contributed by atoms with Crippen LogP contribution in [0.3, 0.4) is 0 Å². The number of urea groups is 1. The highest BCUT2D eigenvalue weighted by atomic mass is 32.2. The number of rotatable bonds is 7. The Balaban J connectivity index is 1.95. The van der Waals surface area contributed by atoms with Crippen LogP contribution in [0.4, 0.5) is 10.5 Å². The Hall–Kier alpha value is -3.11. The second-order valence-electron chi connectivity index (χ2n) is 7.91. The number of amides is 2. The predicted molar refractivity (Wildman–Crippen MR) is 118 cm³/mol. The van der Waals surface area contributed by atoms with Crippen molar-refractivity contribution in [1.29, 1.82) is 0 Å². The summed E-state index contributed by atoms with van der Waals surface area (Å²) in [6.45, 7) is 6.95. The summed E-state index contributed by atoms with van der Waals surface area (Å²) in [5.41, 5.74) is 1.47. The van der Waals surface area contributed by atoms with Crippen LogP contribution in [0.1, 0.15) is 27.7 Å². The van der Waals surface area contributed by atoms with Crippen molar-refractivity contribution in [2.75, 3.05) is 5.32 Å². The van der Waals surface area contributed by atoms with Gasteiger partial charge < -0.3 is 20.2 Å². The van der Waals surface area contributed by atoms with Crippen molar-refractivity contribution in [2.24, 2.45) is 5.92 Å². The van der Waals surface area contributed by atoms with Gasteiger partial charge in [0.15, 0.2) is 0 Å². The monoisotopic (exact) mass is 447 g/mol. The van der Waals surface area contributed by atoms with E-state index in [0.29, 0.717) is 27.6 Å². The molecule has 31 heavy (non-hydrogen) atoms. The lowest BCUT2D eigenvalue weighted by Gasteiger charge is -2.17. The number of carbonyl (C=O) groups is 2. The molecule has 3 rings (SSSR count). The molecule has 10 heteroatoms. The van der Waals surface area contributed by atoms with Crippen LogP contribution in [0.15, 0.2) is 45.7 Å². The molecule has 0 saturated heterocycles. The number of carboxylic acids is 1. The summed E-state index contributed by atoms with van der Waals surface area (Å²) in [5, 5.41) is 16.0. The lowest BCUT2D eigenvalue weighted by atomic mass is 10.1. The molecule has 1 aromatic heterocycles. The average molecular weight is 448 g/mol. The quantitative estimate of drug-likeness (QED) is 0.437. The first kappa shape index (κ1) is 22.6. The Kier molecular flexibility index (Phi) is 6.23. The van der Waals surface area contributed by atoms with E-state index in [9.17, 15) is 23.1 Å². The van der Waals surface area contributed by atoms with Gasteiger partial charge in [-0.25, -0.2) is 13.2 Å². The maximum Gasteiger partial charge on any atom is 0.322 e. The van der Waals surface area contributed by atoms with Gasteiger partial charge in [-0.15, -0.1) is 0 Å². The van der Waals surface area contributed by atoms with Gasteiger partial charge in [0.05, 0.1) is 4.90 Å². The molecule has 0 radical (unpaired) electrons. The molecule has 4 N–H and O–H groups in total. The van der Waals surface area contributed by atoms with Gasteiger partial charge in [0.25, 0.3) is 0 Å². The van der Waals surface area contributed by atoms with Gasteiger partial charge in [0.1, 0.15) is 17.2 Å². The van der Waals surface area contributed by atoms with Crippen molar-refractivity contribution < 1.29 is 27.5 Å². The van der Waals surface area contributed by atoms with Crippen LogP contribution in [0.25, 0.3) is 21.9 Å². The number of furan rings is 1. The lowest BCUT2D eigenvalue weighted by Crippen LogP contribution is -2.44. The van der Waals surface area contributed by atoms with E-state index in [-0.39, 0.29) is 17.0 Å². The lowest BCUT2D eigenvalue weighted by molar-refractivity contribution is -0.140. The third-order valence-corrected chi connectivity index (χ3v) is 6.08. The summed E-state index contributed by atoms with van der Waals surface area (Å²) < 4.78 is 33.6. The van der Waals surface area contributed by atoms with Gasteiger partial charge >= 0.3 is 12.0 Å². The Labute approximate surface area is 179 Å². The Morgan fingerprint density at radius 2 is 1.68 bits per heavy atom. The zero-order valence-corrected chi connectivity index (χ0v) is 18.4. The number of fused-ring (bicyclic) bond motifs is 3. The molecule has 3 aromatic rings. The number of anilines is 1. The molecule has 1 atom stereocenters. The number of nitrogens with one attached hydrogen (secondary N) is 3. The Morgan fingerprint density at radius 3 is 2.29 bits per heavy atom. The van der Waals surface area contributed by atoms with Crippen molar-refractivity contribution in [1.82, 2.24) is 10.0 Å². The SMILES string of the molecule is CC(C)NC(=O)Nc1ccc2c(c1)oc1ccc(S(=O)(=O)NC(C(=O)O)C(C)C)cc12. The molecule has 0 fully saturated rings. The van der Waals surface area contributed by atoms with E-state index in [1.54, 1.807) is 32.0 Å². The molecule has 0 aliphatic carbocycles. The van der Waals surface area contributed by atoms with Gasteiger partial charge in [-0.05, 0) is 50.1 Å². The van der Waals surface area contributed by atoms with E-state index in [2.05, 4.69) is 15.4 Å². The fourth-order valence-corrected chi connectivity index (χ4v) is 4.50. The molecule has 0 spiro atoms. The largest absolute Gasteiger partial charge is 0.480 e. The standard InChI is InChI=1S/C21H25N3O6S/c1-11(2)19(20(25)26)24-31(28,29)14-6-8-17-16(10-14)15-7-5-13(9-18(15)30-17)23-21(27)22-12(3)4/h5-12,19,24H,1-4H3,(H,25,26)(H2,22,23,27). The van der Waals surface area contributed by atoms with Crippen molar-refractivity contribution >= 4 is 49.6 Å². The Bertz CT molecular complexity index is 1250. The van der Waals surface area contributed by atoms with E-state index >= 15 is 0 Å². The molecular formula is C21H25N3O6S. The van der Waals surface area contributed by atoms with Crippen LogP contribution in [0, 0.1) is 5.92 Å². The van der Waals surface area contributed by atoms with E-state index in [0.717, 1.165) is 0 Å². The molecule has 0 saturated carbocycles. The summed E-state index contributed by atoms with van der Waals surface area (Å²) in [4.78, 5) is 23.2. The first-order chi connectivity index (χ1) is 14.5. The van der Waals surface area contributed by atoms with Crippen LogP contribution < -0.4 is 15.4 Å². The van der Waals surface area contributed by atoms with Gasteiger partial charge in [0.2, 0.25) is 10.0 Å². The molecule has 2 amide bonds. The minimum absolute atomic E-state index is 0.0136. The first-order valence-electron chi connectivity index (χ1n) is 9.77. The summed E-state index contributed by atoms with van der Waals surface area (Å²) in [5.74, 6) is -1.67. The maximum atomic E-state index is 12.8. The number of carbonyl (C=O) groups excluding carboxylic acids is 1. The first-order valence-corrected chi connectivity index (χ1v) is 11.2. The molecule has 0 aliphatic heterocycles. The van der Waals surface area contributed by atoms with Crippen LogP contribution in [0.5, 0.6) is 0 Å². The van der Waals surface area contributed by atoms with Crippen LogP contribution in [0.2, 0.25) is 0 Å². The predicted octanol–water partition coefficient (Wildman–Crippen LogP) is 3.50. The van der Waals surface area contributed by atoms with Gasteiger partial charge in [0, 0.05) is 28.6 Å². The van der Waals surface area contributed by atoms with Gasteiger partial charge in [-0.1, -0.05) is 13.8 Å². The fourth-order valence-electron chi connectivity index (χ4n) is 3.14. The highest BCUT2D eigenvalue weighted by Crippen LogP contribution is 2.32. The minimum Gasteiger partial charge on any atom is -0.480 e. The van der Waals surface area contributed by atoms with Crippen molar-refractivity contribution in [2.45, 2.75) is 44.7 Å². The number of hydrogen-bond acceptors (Lipinski definition) is 5. The number of benzene rings is 2. The van der Waals surface area contributed by atoms with Crippen molar-refractivity contribution in [3.05, 3.63) is 36.4 Å². The molecule has 166 valence electrons. The molecule has 1 unspecified atom stereocenters. The zero-order chi connectivity index (χ0) is 22.9. The molecule has 1 heterocycles. The molecule has 9 nitrogen and oxygen atoms in total. The summed E-state index contributed by atoms with van der Waals surface area (Å²) >= 11 is 0. The van der Waals surface area contributed by atoms with E-state index in [1.807, 2.05) is 13.8 Å². The van der Waals surface area contributed by atoms with Crippen LogP contribution >= 0.6 is 0 Å². The maximum absolute atomic E-state index is 12.8. The van der Waals surface area contributed by atoms with Crippen molar-refractivity contribution in [3.8, 4) is 0 Å². The minimum atomic E-state index is -4.06. The van der Waals surface area contributed by atoms with Gasteiger partial charge in [-0.3, -0.25) is 4.79 Å². The van der Waals surface area contributed by atoms with Crippen LogP contribution in [-0.4, -0.2) is 37.6 Å². The third-order valence-electron chi connectivity index (χ3n) is 4.65. The average Bonchev–Trinajstić information content (AvgIpc) is 3.01. The summed E-state index contributed by atoms with van der Waals surface area (Å²) in [6.07, 6.45) is 0. The highest BCUT2D eigenvalue weighted by Gasteiger charge is 2.28. The normalized spacial score (nSPS) is 13.1. The number of sulfonamides is 1. The molecule has 0 aliphatic rings. The number of carboxylic acid groups (broad SMARTS) is 1. The smallest absolute Gasteiger partial charge is 0.322 e. The second kappa shape index (κ2) is 8.56. The molecule has 0 bridgehead atoms. The topological polar surface area (TPSA) is 138 Å².